The zero-order chi connectivity index (χ0) is 12.4. The molecule has 0 spiro atoms. The number of carboxylic acid groups (broad SMARTS) is 1. The molecule has 0 aliphatic carbocycles. The van der Waals surface area contributed by atoms with Gasteiger partial charge in [0.1, 0.15) is 16.4 Å². The maximum absolute atomic E-state index is 10.8. The summed E-state index contributed by atoms with van der Waals surface area (Å²) in [6, 6.07) is 7.27. The van der Waals surface area contributed by atoms with Crippen LogP contribution in [0.2, 0.25) is 0 Å². The monoisotopic (exact) mass is 251 g/mol. The van der Waals surface area contributed by atoms with Crippen molar-refractivity contribution >= 4 is 22.3 Å². The van der Waals surface area contributed by atoms with Gasteiger partial charge in [-0.15, -0.1) is 11.3 Å². The molecule has 0 unspecified atom stereocenters. The molecule has 0 amide bonds. The first-order valence-electron chi connectivity index (χ1n) is 5.16. The Morgan fingerprint density at radius 2 is 2.18 bits per heavy atom. The van der Waals surface area contributed by atoms with Gasteiger partial charge in [0.2, 0.25) is 0 Å². The van der Waals surface area contributed by atoms with Crippen molar-refractivity contribution in [1.82, 2.24) is 0 Å². The lowest BCUT2D eigenvalue weighted by Crippen LogP contribution is -2.14. The van der Waals surface area contributed by atoms with E-state index in [4.69, 9.17) is 9.52 Å². The molecule has 2 aromatic rings. The van der Waals surface area contributed by atoms with Gasteiger partial charge >= 0.3 is 5.97 Å². The van der Waals surface area contributed by atoms with Crippen LogP contribution in [0.25, 0.3) is 0 Å². The van der Waals surface area contributed by atoms with Crippen molar-refractivity contribution < 1.29 is 14.3 Å². The molecular formula is C12H13NO3S. The fourth-order valence-electron chi connectivity index (χ4n) is 1.53. The van der Waals surface area contributed by atoms with Crippen molar-refractivity contribution in [3.8, 4) is 0 Å². The van der Waals surface area contributed by atoms with Crippen molar-refractivity contribution in [2.75, 3.05) is 11.9 Å². The molecule has 0 fully saturated rings. The molecule has 90 valence electrons. The normalized spacial score (nSPS) is 10.5. The van der Waals surface area contributed by atoms with Crippen LogP contribution in [0, 0.1) is 6.92 Å². The molecule has 0 aliphatic rings. The number of carbonyl (C=O) groups is 1. The smallest absolute Gasteiger partial charge is 0.345 e. The summed E-state index contributed by atoms with van der Waals surface area (Å²) in [6.45, 7) is 2.53. The summed E-state index contributed by atoms with van der Waals surface area (Å²) in [5.41, 5.74) is 0. The fraction of sp³-hybridized carbons (Fsp3) is 0.250. The number of furan rings is 1. The number of thiophene rings is 1. The van der Waals surface area contributed by atoms with Gasteiger partial charge in [-0.05, 0) is 31.2 Å². The SMILES string of the molecule is Cc1ccc(CN(C)c2ccc(C(=O)O)s2)o1. The van der Waals surface area contributed by atoms with Crippen LogP contribution < -0.4 is 4.90 Å². The molecule has 2 rings (SSSR count). The molecule has 0 aromatic carbocycles. The van der Waals surface area contributed by atoms with Crippen LogP contribution in [0.4, 0.5) is 5.00 Å². The summed E-state index contributed by atoms with van der Waals surface area (Å²) >= 11 is 1.26. The lowest BCUT2D eigenvalue weighted by Gasteiger charge is -2.14. The summed E-state index contributed by atoms with van der Waals surface area (Å²) in [7, 11) is 1.91. The van der Waals surface area contributed by atoms with E-state index in [0.717, 1.165) is 16.5 Å². The number of carboxylic acids is 1. The number of hydrogen-bond acceptors (Lipinski definition) is 4. The number of rotatable bonds is 4. The Bertz CT molecular complexity index is 529. The van der Waals surface area contributed by atoms with Gasteiger partial charge in [-0.25, -0.2) is 4.79 Å². The van der Waals surface area contributed by atoms with Gasteiger partial charge in [-0.2, -0.15) is 0 Å². The highest BCUT2D eigenvalue weighted by Gasteiger charge is 2.11. The highest BCUT2D eigenvalue weighted by atomic mass is 32.1. The quantitative estimate of drug-likeness (QED) is 0.907. The summed E-state index contributed by atoms with van der Waals surface area (Å²) in [4.78, 5) is 13.1. The second kappa shape index (κ2) is 4.63. The molecule has 5 heteroatoms. The summed E-state index contributed by atoms with van der Waals surface area (Å²) < 4.78 is 5.48. The molecule has 0 saturated carbocycles. The minimum absolute atomic E-state index is 0.350. The standard InChI is InChI=1S/C12H13NO3S/c1-8-3-4-9(16-8)7-13(2)11-6-5-10(17-11)12(14)15/h3-6H,7H2,1-2H3,(H,14,15). The van der Waals surface area contributed by atoms with Crippen LogP contribution in [-0.2, 0) is 6.54 Å². The number of anilines is 1. The third kappa shape index (κ3) is 2.68. The second-order valence-electron chi connectivity index (χ2n) is 3.81. The number of hydrogen-bond donors (Lipinski definition) is 1. The van der Waals surface area contributed by atoms with Gasteiger partial charge in [-0.1, -0.05) is 0 Å². The van der Waals surface area contributed by atoms with E-state index in [1.165, 1.54) is 11.3 Å². The van der Waals surface area contributed by atoms with Crippen LogP contribution in [-0.4, -0.2) is 18.1 Å². The van der Waals surface area contributed by atoms with Gasteiger partial charge in [0, 0.05) is 7.05 Å². The predicted octanol–water partition coefficient (Wildman–Crippen LogP) is 2.98. The van der Waals surface area contributed by atoms with Crippen molar-refractivity contribution in [3.05, 3.63) is 40.7 Å². The predicted molar refractivity (Wildman–Crippen MR) is 66.8 cm³/mol. The van der Waals surface area contributed by atoms with Crippen LogP contribution in [0.5, 0.6) is 0 Å². The number of aryl methyl sites for hydroxylation is 1. The van der Waals surface area contributed by atoms with Crippen molar-refractivity contribution in [2.24, 2.45) is 0 Å². The minimum Gasteiger partial charge on any atom is -0.477 e. The summed E-state index contributed by atoms with van der Waals surface area (Å²) in [5, 5.41) is 9.76. The minimum atomic E-state index is -0.886. The molecule has 0 bridgehead atoms. The van der Waals surface area contributed by atoms with Gasteiger partial charge in [0.05, 0.1) is 11.5 Å². The maximum atomic E-state index is 10.8. The molecular weight excluding hydrogens is 238 g/mol. The molecule has 4 nitrogen and oxygen atoms in total. The van der Waals surface area contributed by atoms with E-state index >= 15 is 0 Å². The van der Waals surface area contributed by atoms with E-state index in [0.29, 0.717) is 11.4 Å². The van der Waals surface area contributed by atoms with Crippen molar-refractivity contribution in [1.29, 1.82) is 0 Å². The Morgan fingerprint density at radius 1 is 1.41 bits per heavy atom. The van der Waals surface area contributed by atoms with E-state index in [9.17, 15) is 4.79 Å². The molecule has 2 heterocycles. The topological polar surface area (TPSA) is 53.7 Å². The molecule has 0 saturated heterocycles. The molecule has 2 aromatic heterocycles. The maximum Gasteiger partial charge on any atom is 0.345 e. The third-order valence-corrected chi connectivity index (χ3v) is 3.56. The first kappa shape index (κ1) is 11.7. The highest BCUT2D eigenvalue weighted by molar-refractivity contribution is 7.17. The Labute approximate surface area is 103 Å². The van der Waals surface area contributed by atoms with Gasteiger partial charge in [-0.3, -0.25) is 0 Å². The molecule has 0 radical (unpaired) electrons. The first-order valence-corrected chi connectivity index (χ1v) is 5.97. The second-order valence-corrected chi connectivity index (χ2v) is 4.87. The lowest BCUT2D eigenvalue weighted by atomic mass is 10.4. The zero-order valence-corrected chi connectivity index (χ0v) is 10.5. The Hall–Kier alpha value is -1.75. The summed E-state index contributed by atoms with van der Waals surface area (Å²) in [5.74, 6) is 0.865. The van der Waals surface area contributed by atoms with Crippen molar-refractivity contribution in [2.45, 2.75) is 13.5 Å². The average molecular weight is 251 g/mol. The average Bonchev–Trinajstić information content (AvgIpc) is 2.86. The lowest BCUT2D eigenvalue weighted by molar-refractivity contribution is 0.0702. The van der Waals surface area contributed by atoms with Gasteiger partial charge in [0.25, 0.3) is 0 Å². The Morgan fingerprint density at radius 3 is 2.71 bits per heavy atom. The molecule has 0 aliphatic heterocycles. The van der Waals surface area contributed by atoms with Crippen LogP contribution in [0.1, 0.15) is 21.2 Å². The van der Waals surface area contributed by atoms with Crippen LogP contribution >= 0.6 is 11.3 Å². The van der Waals surface area contributed by atoms with E-state index in [1.54, 1.807) is 6.07 Å². The van der Waals surface area contributed by atoms with Gasteiger partial charge in [0.15, 0.2) is 0 Å². The zero-order valence-electron chi connectivity index (χ0n) is 9.64. The fourth-order valence-corrected chi connectivity index (χ4v) is 2.33. The van der Waals surface area contributed by atoms with Crippen molar-refractivity contribution in [3.63, 3.8) is 0 Å². The number of aromatic carboxylic acids is 1. The van der Waals surface area contributed by atoms with Crippen LogP contribution in [0.15, 0.2) is 28.7 Å². The third-order valence-electron chi connectivity index (χ3n) is 2.37. The largest absolute Gasteiger partial charge is 0.477 e. The van der Waals surface area contributed by atoms with E-state index < -0.39 is 5.97 Å². The van der Waals surface area contributed by atoms with Gasteiger partial charge < -0.3 is 14.4 Å². The highest BCUT2D eigenvalue weighted by Crippen LogP contribution is 2.26. The molecule has 0 atom stereocenters. The first-order chi connectivity index (χ1) is 8.06. The van der Waals surface area contributed by atoms with Crippen LogP contribution in [0.3, 0.4) is 0 Å². The molecule has 1 N–H and O–H groups in total. The Balaban J connectivity index is 2.08. The Kier molecular flexibility index (Phi) is 3.19. The molecule has 17 heavy (non-hydrogen) atoms. The van der Waals surface area contributed by atoms with E-state index in [-0.39, 0.29) is 0 Å². The summed E-state index contributed by atoms with van der Waals surface area (Å²) in [6.07, 6.45) is 0. The number of nitrogens with zero attached hydrogens (tertiary/aromatic N) is 1. The van der Waals surface area contributed by atoms with E-state index in [1.807, 2.05) is 37.1 Å². The van der Waals surface area contributed by atoms with E-state index in [2.05, 4.69) is 0 Å².